The number of hydrogen-bond acceptors (Lipinski definition) is 3. The van der Waals surface area contributed by atoms with Gasteiger partial charge in [-0.05, 0) is 112 Å². The number of fused-ring (bicyclic) bond motifs is 12. The third-order valence-electron chi connectivity index (χ3n) is 18.6. The van der Waals surface area contributed by atoms with Crippen molar-refractivity contribution >= 4 is 91.7 Å². The van der Waals surface area contributed by atoms with E-state index in [1.807, 2.05) is 0 Å². The highest BCUT2D eigenvalue weighted by atomic mass is 28.3. The maximum Gasteiger partial charge on any atom is 0.252 e. The zero-order valence-electron chi connectivity index (χ0n) is 37.1. The van der Waals surface area contributed by atoms with Crippen LogP contribution in [0.3, 0.4) is 0 Å². The Balaban J connectivity index is 1.11. The molecule has 5 heterocycles. The summed E-state index contributed by atoms with van der Waals surface area (Å²) in [4.78, 5) is 8.54. The molecule has 63 heavy (non-hydrogen) atoms. The second-order valence-electron chi connectivity index (χ2n) is 21.0. The second-order valence-corrected chi connectivity index (χ2v) is 24.7. The standard InChI is InChI=1S/C58H54BN3Si/c1-55-33-15-17-35-57(55,3)61-48-37-39(60-46-29-11-13-31-50(46)63(40-21-7-5-8-22-40,41-23-9-6-10-24-41)51-32-14-12-30-47(51)60)38-49-52(48)59(44-27-19-25-42(55)53(44)61)45-28-20-26-43-54(45)62(49)58(4)36-18-16-34-56(43,58)2/h5-14,19-32,37-38H,15-18,33-36H2,1-4H3. The lowest BCUT2D eigenvalue weighted by molar-refractivity contribution is 0.194. The van der Waals surface area contributed by atoms with Gasteiger partial charge in [-0.25, -0.2) is 0 Å². The largest absolute Gasteiger partial charge is 0.335 e. The van der Waals surface area contributed by atoms with E-state index in [9.17, 15) is 0 Å². The van der Waals surface area contributed by atoms with Crippen LogP contribution < -0.4 is 51.8 Å². The van der Waals surface area contributed by atoms with E-state index in [-0.39, 0.29) is 28.6 Å². The molecule has 0 N–H and O–H groups in total. The molecule has 2 saturated carbocycles. The molecular formula is C58H54BN3Si. The van der Waals surface area contributed by atoms with E-state index in [1.54, 1.807) is 11.1 Å². The van der Waals surface area contributed by atoms with E-state index in [2.05, 4.69) is 200 Å². The smallest absolute Gasteiger partial charge is 0.252 e. The van der Waals surface area contributed by atoms with Gasteiger partial charge >= 0.3 is 0 Å². The van der Waals surface area contributed by atoms with Gasteiger partial charge in [0.05, 0.1) is 16.8 Å². The number of para-hydroxylation sites is 4. The number of hydrogen-bond donors (Lipinski definition) is 0. The van der Waals surface area contributed by atoms with E-state index < -0.39 is 8.07 Å². The maximum atomic E-state index is 2.93. The van der Waals surface area contributed by atoms with Crippen LogP contribution in [0.15, 0.2) is 158 Å². The van der Waals surface area contributed by atoms with E-state index in [1.165, 1.54) is 128 Å². The van der Waals surface area contributed by atoms with Gasteiger partial charge < -0.3 is 14.7 Å². The minimum absolute atomic E-state index is 0.0438. The van der Waals surface area contributed by atoms with Crippen LogP contribution in [0.1, 0.15) is 90.2 Å². The number of nitrogens with zero attached hydrogens (tertiary/aromatic N) is 3. The molecule has 4 atom stereocenters. The first kappa shape index (κ1) is 36.7. The molecule has 0 amide bonds. The number of benzene rings is 7. The molecule has 0 radical (unpaired) electrons. The molecule has 3 nitrogen and oxygen atoms in total. The Bertz CT molecular complexity index is 2890. The molecular weight excluding hydrogens is 778 g/mol. The monoisotopic (exact) mass is 831 g/mol. The van der Waals surface area contributed by atoms with Gasteiger partial charge in [-0.15, -0.1) is 0 Å². The molecule has 5 heteroatoms. The van der Waals surface area contributed by atoms with Crippen molar-refractivity contribution in [1.82, 2.24) is 0 Å². The Morgan fingerprint density at radius 1 is 0.444 bits per heavy atom. The van der Waals surface area contributed by atoms with Crippen molar-refractivity contribution in [1.29, 1.82) is 0 Å². The van der Waals surface area contributed by atoms with Gasteiger partial charge in [-0.1, -0.05) is 173 Å². The SMILES string of the molecule is CC12CCCCC1(C)N1c3cc(N4c5ccccc5[Si](c5ccccc5)(c5ccccc5)c5ccccc54)cc4c3B(c3cccc2c31)c1cccc2c1N4C1(C)CCCCC21C. The van der Waals surface area contributed by atoms with Crippen LogP contribution in [0.4, 0.5) is 39.8 Å². The minimum atomic E-state index is -2.77. The van der Waals surface area contributed by atoms with Crippen LogP contribution in [0.2, 0.25) is 0 Å². The second kappa shape index (κ2) is 12.3. The van der Waals surface area contributed by atoms with Crippen molar-refractivity contribution in [2.24, 2.45) is 0 Å². The maximum absolute atomic E-state index is 2.93. The topological polar surface area (TPSA) is 9.72 Å². The molecule has 0 aromatic heterocycles. The van der Waals surface area contributed by atoms with Crippen molar-refractivity contribution in [3.8, 4) is 0 Å². The average molecular weight is 832 g/mol. The Labute approximate surface area is 374 Å². The fourth-order valence-electron chi connectivity index (χ4n) is 15.4. The van der Waals surface area contributed by atoms with Crippen LogP contribution in [0.5, 0.6) is 0 Å². The quantitative estimate of drug-likeness (QED) is 0.165. The van der Waals surface area contributed by atoms with Crippen LogP contribution in [0.25, 0.3) is 0 Å². The van der Waals surface area contributed by atoms with Gasteiger partial charge in [0.1, 0.15) is 0 Å². The van der Waals surface area contributed by atoms with Crippen LogP contribution in [-0.2, 0) is 10.8 Å². The van der Waals surface area contributed by atoms with E-state index in [4.69, 9.17) is 0 Å². The highest BCUT2D eigenvalue weighted by Crippen LogP contribution is 2.65. The Morgan fingerprint density at radius 2 is 0.873 bits per heavy atom. The molecule has 0 saturated heterocycles. The lowest BCUT2D eigenvalue weighted by atomic mass is 9.33. The average Bonchev–Trinajstić information content (AvgIpc) is 3.67. The van der Waals surface area contributed by atoms with Gasteiger partial charge in [0.25, 0.3) is 6.71 Å². The summed E-state index contributed by atoms with van der Waals surface area (Å²) in [6.45, 7) is 10.7. The first-order valence-electron chi connectivity index (χ1n) is 23.9. The molecule has 7 aromatic rings. The number of rotatable bonds is 3. The first-order valence-corrected chi connectivity index (χ1v) is 25.9. The van der Waals surface area contributed by atoms with Crippen LogP contribution in [-0.4, -0.2) is 25.9 Å². The first-order chi connectivity index (χ1) is 30.8. The summed E-state index contributed by atoms with van der Waals surface area (Å²) in [5.41, 5.74) is 17.5. The summed E-state index contributed by atoms with van der Waals surface area (Å²) in [5, 5.41) is 5.75. The molecule has 4 unspecified atom stereocenters. The molecule has 7 aromatic carbocycles. The van der Waals surface area contributed by atoms with Gasteiger partial charge in [0, 0.05) is 45.0 Å². The summed E-state index contributed by atoms with van der Waals surface area (Å²) < 4.78 is 0. The normalized spacial score (nSPS) is 27.1. The van der Waals surface area contributed by atoms with Crippen LogP contribution >= 0.6 is 0 Å². The van der Waals surface area contributed by atoms with Crippen molar-refractivity contribution in [3.05, 3.63) is 169 Å². The van der Waals surface area contributed by atoms with Gasteiger partial charge in [-0.2, -0.15) is 0 Å². The molecule has 5 aliphatic heterocycles. The molecule has 7 aliphatic rings. The molecule has 308 valence electrons. The van der Waals surface area contributed by atoms with Gasteiger partial charge in [0.2, 0.25) is 0 Å². The van der Waals surface area contributed by atoms with Crippen molar-refractivity contribution < 1.29 is 0 Å². The molecule has 2 fully saturated rings. The lowest BCUT2D eigenvalue weighted by Crippen LogP contribution is -2.77. The fourth-order valence-corrected chi connectivity index (χ4v) is 20.5. The highest BCUT2D eigenvalue weighted by Gasteiger charge is 2.65. The summed E-state index contributed by atoms with van der Waals surface area (Å²) in [6, 6.07) is 62.1. The zero-order chi connectivity index (χ0) is 42.1. The summed E-state index contributed by atoms with van der Waals surface area (Å²) in [7, 11) is -2.77. The molecule has 14 rings (SSSR count). The molecule has 0 spiro atoms. The summed E-state index contributed by atoms with van der Waals surface area (Å²) >= 11 is 0. The third-order valence-corrected chi connectivity index (χ3v) is 23.5. The van der Waals surface area contributed by atoms with Crippen molar-refractivity contribution in [3.63, 3.8) is 0 Å². The highest BCUT2D eigenvalue weighted by molar-refractivity contribution is 7.21. The van der Waals surface area contributed by atoms with Crippen LogP contribution in [0, 0.1) is 0 Å². The number of anilines is 7. The minimum Gasteiger partial charge on any atom is -0.335 e. The molecule has 2 aliphatic carbocycles. The van der Waals surface area contributed by atoms with Gasteiger partial charge in [0.15, 0.2) is 8.07 Å². The van der Waals surface area contributed by atoms with Crippen molar-refractivity contribution in [2.45, 2.75) is 101 Å². The van der Waals surface area contributed by atoms with Gasteiger partial charge in [-0.3, -0.25) is 0 Å². The Morgan fingerprint density at radius 3 is 1.35 bits per heavy atom. The third kappa shape index (κ3) is 4.12. The summed E-state index contributed by atoms with van der Waals surface area (Å²) in [6.07, 6.45) is 9.96. The van der Waals surface area contributed by atoms with Crippen molar-refractivity contribution in [2.75, 3.05) is 14.7 Å². The predicted molar refractivity (Wildman–Crippen MR) is 269 cm³/mol. The predicted octanol–water partition coefficient (Wildman–Crippen LogP) is 9.47. The van der Waals surface area contributed by atoms with E-state index >= 15 is 0 Å². The van der Waals surface area contributed by atoms with E-state index in [0.29, 0.717) is 0 Å². The fraction of sp³-hybridized carbons (Fsp3) is 0.276. The Hall–Kier alpha value is -5.78. The van der Waals surface area contributed by atoms with E-state index in [0.717, 1.165) is 0 Å². The lowest BCUT2D eigenvalue weighted by Gasteiger charge is -2.55. The Kier molecular flexibility index (Phi) is 7.14. The molecule has 0 bridgehead atoms. The summed E-state index contributed by atoms with van der Waals surface area (Å²) in [5.74, 6) is 0. The zero-order valence-corrected chi connectivity index (χ0v) is 38.1.